The largest absolute Gasteiger partial charge is 0.330 e. The van der Waals surface area contributed by atoms with Gasteiger partial charge in [-0.15, -0.1) is 0 Å². The first kappa shape index (κ1) is 8.63. The van der Waals surface area contributed by atoms with Crippen molar-refractivity contribution in [2.75, 3.05) is 6.54 Å². The fourth-order valence-electron chi connectivity index (χ4n) is 1.25. The lowest BCUT2D eigenvalue weighted by Crippen LogP contribution is -2.09. The van der Waals surface area contributed by atoms with E-state index < -0.39 is 0 Å². The van der Waals surface area contributed by atoms with Gasteiger partial charge in [0.05, 0.1) is 0 Å². The average molecular weight is 128 g/mol. The van der Waals surface area contributed by atoms with Crippen LogP contribution in [-0.2, 0) is 0 Å². The van der Waals surface area contributed by atoms with Gasteiger partial charge in [-0.2, -0.15) is 0 Å². The third kappa shape index (κ3) is 3.25. The molecule has 0 aromatic carbocycles. The zero-order chi connectivity index (χ0) is 7.11. The van der Waals surface area contributed by atoms with Gasteiger partial charge in [-0.05, 0) is 32.0 Å². The van der Waals surface area contributed by atoms with Crippen LogP contribution >= 0.6 is 0 Å². The molecular weight excluding hydrogens is 112 g/mol. The van der Waals surface area contributed by atoms with Gasteiger partial charge in [-0.3, -0.25) is 0 Å². The quantitative estimate of drug-likeness (QED) is 0.515. The Morgan fingerprint density at radius 2 is 1.78 bits per heavy atom. The first-order valence-electron chi connectivity index (χ1n) is 3.49. The standard InChI is InChI=1S/C6H13N.CH3N/c7-5-6-3-1-2-4-6;1-2/h6H,1-5,7H2;2H,1H2. The highest BCUT2D eigenvalue weighted by Crippen LogP contribution is 2.22. The van der Waals surface area contributed by atoms with Gasteiger partial charge >= 0.3 is 0 Å². The smallest absolute Gasteiger partial charge is 0.00489 e. The molecule has 3 N–H and O–H groups in total. The first-order valence-corrected chi connectivity index (χ1v) is 3.49. The Morgan fingerprint density at radius 3 is 2.00 bits per heavy atom. The van der Waals surface area contributed by atoms with Crippen molar-refractivity contribution in [1.82, 2.24) is 0 Å². The van der Waals surface area contributed by atoms with Crippen LogP contribution in [0.25, 0.3) is 0 Å². The van der Waals surface area contributed by atoms with E-state index in [0.29, 0.717) is 0 Å². The van der Waals surface area contributed by atoms with Crippen LogP contribution in [0.3, 0.4) is 0 Å². The maximum atomic E-state index is 5.50. The Kier molecular flexibility index (Phi) is 5.52. The van der Waals surface area contributed by atoms with E-state index in [1.807, 2.05) is 0 Å². The van der Waals surface area contributed by atoms with Crippen molar-refractivity contribution in [2.24, 2.45) is 11.7 Å². The molecule has 0 radical (unpaired) electrons. The number of nitrogens with one attached hydrogen (secondary N) is 1. The van der Waals surface area contributed by atoms with Crippen LogP contribution in [-0.4, -0.2) is 13.3 Å². The maximum absolute atomic E-state index is 5.50. The van der Waals surface area contributed by atoms with Gasteiger partial charge in [0.2, 0.25) is 0 Å². The normalized spacial score (nSPS) is 18.8. The summed E-state index contributed by atoms with van der Waals surface area (Å²) < 4.78 is 0. The molecule has 0 amide bonds. The van der Waals surface area contributed by atoms with E-state index in [2.05, 4.69) is 6.72 Å². The van der Waals surface area contributed by atoms with Crippen LogP contribution in [0.15, 0.2) is 0 Å². The van der Waals surface area contributed by atoms with E-state index in [4.69, 9.17) is 11.1 Å². The second kappa shape index (κ2) is 5.76. The third-order valence-corrected chi connectivity index (χ3v) is 1.81. The molecule has 54 valence electrons. The Labute approximate surface area is 57.0 Å². The highest BCUT2D eigenvalue weighted by atomic mass is 14.5. The minimum atomic E-state index is 0.875. The van der Waals surface area contributed by atoms with Gasteiger partial charge in [0, 0.05) is 0 Å². The van der Waals surface area contributed by atoms with E-state index in [9.17, 15) is 0 Å². The molecule has 0 saturated heterocycles. The molecule has 0 aliphatic heterocycles. The molecule has 2 heteroatoms. The Morgan fingerprint density at radius 1 is 1.33 bits per heavy atom. The molecule has 0 spiro atoms. The van der Waals surface area contributed by atoms with Crippen LogP contribution in [0.5, 0.6) is 0 Å². The van der Waals surface area contributed by atoms with Crippen molar-refractivity contribution >= 4 is 6.72 Å². The van der Waals surface area contributed by atoms with Crippen molar-refractivity contribution in [3.8, 4) is 0 Å². The van der Waals surface area contributed by atoms with Crippen molar-refractivity contribution in [3.63, 3.8) is 0 Å². The lowest BCUT2D eigenvalue weighted by molar-refractivity contribution is 0.562. The van der Waals surface area contributed by atoms with Gasteiger partial charge in [0.15, 0.2) is 0 Å². The summed E-state index contributed by atoms with van der Waals surface area (Å²) in [5.41, 5.74) is 5.43. The zero-order valence-corrected chi connectivity index (χ0v) is 5.90. The maximum Gasteiger partial charge on any atom is -0.00489 e. The van der Waals surface area contributed by atoms with Crippen LogP contribution in [0.1, 0.15) is 25.7 Å². The summed E-state index contributed by atoms with van der Waals surface area (Å²) >= 11 is 0. The van der Waals surface area contributed by atoms with E-state index in [-0.39, 0.29) is 0 Å². The molecule has 1 aliphatic carbocycles. The number of rotatable bonds is 1. The zero-order valence-electron chi connectivity index (χ0n) is 5.90. The molecule has 9 heavy (non-hydrogen) atoms. The van der Waals surface area contributed by atoms with Gasteiger partial charge < -0.3 is 11.1 Å². The molecule has 1 saturated carbocycles. The molecule has 2 nitrogen and oxygen atoms in total. The minimum absolute atomic E-state index is 0.875. The fourth-order valence-corrected chi connectivity index (χ4v) is 1.25. The summed E-state index contributed by atoms with van der Waals surface area (Å²) in [7, 11) is 0. The van der Waals surface area contributed by atoms with Crippen molar-refractivity contribution in [3.05, 3.63) is 0 Å². The summed E-state index contributed by atoms with van der Waals surface area (Å²) in [5, 5.41) is 5.50. The predicted octanol–water partition coefficient (Wildman–Crippen LogP) is 1.40. The molecule has 0 heterocycles. The topological polar surface area (TPSA) is 49.9 Å². The third-order valence-electron chi connectivity index (χ3n) is 1.81. The Bertz CT molecular complexity index is 57.9. The van der Waals surface area contributed by atoms with E-state index in [1.165, 1.54) is 25.7 Å². The summed E-state index contributed by atoms with van der Waals surface area (Å²) in [6.45, 7) is 3.42. The van der Waals surface area contributed by atoms with Crippen LogP contribution in [0, 0.1) is 11.3 Å². The number of hydrogen-bond donors (Lipinski definition) is 2. The first-order chi connectivity index (χ1) is 4.43. The van der Waals surface area contributed by atoms with Gasteiger partial charge in [-0.25, -0.2) is 0 Å². The Hall–Kier alpha value is -0.370. The monoisotopic (exact) mass is 128 g/mol. The van der Waals surface area contributed by atoms with Crippen molar-refractivity contribution in [2.45, 2.75) is 25.7 Å². The molecule has 0 atom stereocenters. The molecule has 0 aromatic rings. The van der Waals surface area contributed by atoms with Crippen LogP contribution < -0.4 is 5.73 Å². The van der Waals surface area contributed by atoms with Crippen LogP contribution in [0.4, 0.5) is 0 Å². The fraction of sp³-hybridized carbons (Fsp3) is 0.857. The molecule has 0 bridgehead atoms. The van der Waals surface area contributed by atoms with Crippen LogP contribution in [0.2, 0.25) is 0 Å². The van der Waals surface area contributed by atoms with E-state index >= 15 is 0 Å². The second-order valence-electron chi connectivity index (χ2n) is 2.39. The molecule has 1 rings (SSSR count). The molecule has 0 aromatic heterocycles. The Balaban J connectivity index is 0.000000291. The molecular formula is C7H16N2. The van der Waals surface area contributed by atoms with Crippen molar-refractivity contribution < 1.29 is 0 Å². The number of nitrogens with two attached hydrogens (primary N) is 1. The minimum Gasteiger partial charge on any atom is -0.330 e. The summed E-state index contributed by atoms with van der Waals surface area (Å²) in [4.78, 5) is 0. The molecule has 1 fully saturated rings. The predicted molar refractivity (Wildman–Crippen MR) is 40.9 cm³/mol. The molecule has 1 aliphatic rings. The van der Waals surface area contributed by atoms with E-state index in [1.54, 1.807) is 0 Å². The van der Waals surface area contributed by atoms with Crippen molar-refractivity contribution in [1.29, 1.82) is 5.41 Å². The molecule has 0 unspecified atom stereocenters. The lowest BCUT2D eigenvalue weighted by atomic mass is 10.1. The summed E-state index contributed by atoms with van der Waals surface area (Å²) in [6, 6.07) is 0. The lowest BCUT2D eigenvalue weighted by Gasteiger charge is -1.99. The number of hydrogen-bond acceptors (Lipinski definition) is 2. The average Bonchev–Trinajstić information content (AvgIpc) is 2.43. The highest BCUT2D eigenvalue weighted by molar-refractivity contribution is 5.15. The summed E-state index contributed by atoms with van der Waals surface area (Å²) in [6.07, 6.45) is 5.61. The van der Waals surface area contributed by atoms with Gasteiger partial charge in [0.25, 0.3) is 0 Å². The SMILES string of the molecule is C=N.NCC1CCCC1. The second-order valence-corrected chi connectivity index (χ2v) is 2.39. The van der Waals surface area contributed by atoms with Gasteiger partial charge in [-0.1, -0.05) is 12.8 Å². The van der Waals surface area contributed by atoms with Gasteiger partial charge in [0.1, 0.15) is 0 Å². The van der Waals surface area contributed by atoms with E-state index in [0.717, 1.165) is 12.5 Å². The highest BCUT2D eigenvalue weighted by Gasteiger charge is 2.11. The summed E-state index contributed by atoms with van der Waals surface area (Å²) in [5.74, 6) is 0.875.